The molecule has 0 spiro atoms. The predicted octanol–water partition coefficient (Wildman–Crippen LogP) is 12.3. The smallest absolute Gasteiger partial charge is 0.139 e. The van der Waals surface area contributed by atoms with Crippen molar-refractivity contribution in [2.75, 3.05) is 0 Å². The molecule has 3 heterocycles. The lowest BCUT2D eigenvalue weighted by Gasteiger charge is -2.57. The van der Waals surface area contributed by atoms with Crippen LogP contribution in [0.4, 0.5) is 0 Å². The molecule has 252 valence electrons. The number of hydrogen-bond acceptors (Lipinski definition) is 1. The van der Waals surface area contributed by atoms with E-state index < -0.39 is 0 Å². The summed E-state index contributed by atoms with van der Waals surface area (Å²) in [6, 6.07) is 35.1. The Kier molecular flexibility index (Phi) is 6.30. The van der Waals surface area contributed by atoms with Gasteiger partial charge in [-0.25, -0.2) is 4.98 Å². The second-order valence-electron chi connectivity index (χ2n) is 18.5. The van der Waals surface area contributed by atoms with Gasteiger partial charge < -0.3 is 4.57 Å². The molecule has 0 amide bonds. The number of aromatic nitrogens is 3. The average molecular weight is 656 g/mol. The van der Waals surface area contributed by atoms with E-state index in [9.17, 15) is 0 Å². The molecule has 7 aromatic rings. The Hall–Kier alpha value is -4.37. The summed E-state index contributed by atoms with van der Waals surface area (Å²) in [5.74, 6) is 3.74. The fraction of sp³-hybridized carbons (Fsp3) is 0.383. The number of pyridine rings is 1. The first-order valence-electron chi connectivity index (χ1n) is 19.0. The molecule has 0 N–H and O–H groups in total. The number of fused-ring (bicyclic) bond motifs is 6. The van der Waals surface area contributed by atoms with Crippen LogP contribution in [0.3, 0.4) is 0 Å². The molecule has 0 aliphatic heterocycles. The van der Waals surface area contributed by atoms with Gasteiger partial charge in [-0.3, -0.25) is 4.57 Å². The maximum atomic E-state index is 5.09. The molecule has 3 aromatic heterocycles. The standard InChI is InChI=1S/C47H49N3/c1-45(2,3)32-12-15-41-38(22-32)39-23-33(46(4,5)6)13-16-42(39)50(41)44-25-35(17-18-48-44)49-40-10-8-7-9-36(40)37-14-11-34(24-43(37)49)47-26-29-19-30(27-47)21-31(20-29)28-47/h7-18,22-25,29-31H,19-21,26-28H2,1-6H3. The highest BCUT2D eigenvalue weighted by molar-refractivity contribution is 6.11. The van der Waals surface area contributed by atoms with Gasteiger partial charge in [0.15, 0.2) is 0 Å². The summed E-state index contributed by atoms with van der Waals surface area (Å²) < 4.78 is 4.91. The summed E-state index contributed by atoms with van der Waals surface area (Å²) >= 11 is 0. The molecule has 3 nitrogen and oxygen atoms in total. The molecule has 0 saturated heterocycles. The highest BCUT2D eigenvalue weighted by Gasteiger charge is 2.51. The van der Waals surface area contributed by atoms with E-state index >= 15 is 0 Å². The van der Waals surface area contributed by atoms with Gasteiger partial charge in [-0.15, -0.1) is 0 Å². The van der Waals surface area contributed by atoms with Gasteiger partial charge in [0.1, 0.15) is 5.82 Å². The van der Waals surface area contributed by atoms with E-state index in [1.807, 2.05) is 6.20 Å². The van der Waals surface area contributed by atoms with Crippen molar-refractivity contribution >= 4 is 43.6 Å². The Labute approximate surface area is 296 Å². The molecule has 0 unspecified atom stereocenters. The number of benzene rings is 4. The lowest BCUT2D eigenvalue weighted by molar-refractivity contribution is -0.00513. The Morgan fingerprint density at radius 1 is 0.540 bits per heavy atom. The zero-order valence-electron chi connectivity index (χ0n) is 30.6. The molecule has 0 atom stereocenters. The van der Waals surface area contributed by atoms with Crippen LogP contribution >= 0.6 is 0 Å². The first-order valence-corrected chi connectivity index (χ1v) is 19.0. The fourth-order valence-corrected chi connectivity index (χ4v) is 10.9. The summed E-state index contributed by atoms with van der Waals surface area (Å²) in [7, 11) is 0. The third kappa shape index (κ3) is 4.51. The molecular weight excluding hydrogens is 607 g/mol. The van der Waals surface area contributed by atoms with Crippen molar-refractivity contribution in [3.63, 3.8) is 0 Å². The number of rotatable bonds is 3. The van der Waals surface area contributed by atoms with Crippen LogP contribution in [0.1, 0.15) is 96.8 Å². The van der Waals surface area contributed by atoms with E-state index in [0.717, 1.165) is 29.3 Å². The Morgan fingerprint density at radius 2 is 1.10 bits per heavy atom. The summed E-state index contributed by atoms with van der Waals surface area (Å²) in [5, 5.41) is 5.25. The van der Waals surface area contributed by atoms with Crippen LogP contribution < -0.4 is 0 Å². The van der Waals surface area contributed by atoms with E-state index in [0.29, 0.717) is 5.41 Å². The monoisotopic (exact) mass is 655 g/mol. The van der Waals surface area contributed by atoms with Gasteiger partial charge in [-0.2, -0.15) is 0 Å². The summed E-state index contributed by atoms with van der Waals surface area (Å²) in [6.07, 6.45) is 10.6. The first-order chi connectivity index (χ1) is 23.9. The molecule has 4 aliphatic carbocycles. The molecule has 4 aromatic carbocycles. The Bertz CT molecular complexity index is 2380. The third-order valence-corrected chi connectivity index (χ3v) is 13.0. The van der Waals surface area contributed by atoms with Crippen molar-refractivity contribution in [1.82, 2.24) is 14.1 Å². The van der Waals surface area contributed by atoms with Crippen molar-refractivity contribution in [3.05, 3.63) is 114 Å². The minimum Gasteiger partial charge on any atom is -0.309 e. The van der Waals surface area contributed by atoms with Gasteiger partial charge in [-0.05, 0) is 132 Å². The van der Waals surface area contributed by atoms with Crippen LogP contribution in [-0.2, 0) is 16.2 Å². The van der Waals surface area contributed by atoms with E-state index in [4.69, 9.17) is 4.98 Å². The van der Waals surface area contributed by atoms with Gasteiger partial charge in [0.2, 0.25) is 0 Å². The van der Waals surface area contributed by atoms with Gasteiger partial charge in [0.25, 0.3) is 0 Å². The van der Waals surface area contributed by atoms with Gasteiger partial charge in [-0.1, -0.05) is 84.0 Å². The van der Waals surface area contributed by atoms with Crippen molar-refractivity contribution in [2.24, 2.45) is 17.8 Å². The topological polar surface area (TPSA) is 22.8 Å². The van der Waals surface area contributed by atoms with Crippen molar-refractivity contribution in [2.45, 2.75) is 96.3 Å². The zero-order valence-corrected chi connectivity index (χ0v) is 30.6. The van der Waals surface area contributed by atoms with Crippen LogP contribution in [0, 0.1) is 17.8 Å². The maximum absolute atomic E-state index is 5.09. The van der Waals surface area contributed by atoms with Crippen LogP contribution in [0.5, 0.6) is 0 Å². The molecule has 50 heavy (non-hydrogen) atoms. The first kappa shape index (κ1) is 30.5. The van der Waals surface area contributed by atoms with E-state index in [2.05, 4.69) is 142 Å². The lowest BCUT2D eigenvalue weighted by Crippen LogP contribution is -2.48. The quantitative estimate of drug-likeness (QED) is 0.186. The van der Waals surface area contributed by atoms with Crippen LogP contribution in [0.2, 0.25) is 0 Å². The third-order valence-electron chi connectivity index (χ3n) is 13.0. The molecule has 3 heteroatoms. The minimum absolute atomic E-state index is 0.0635. The molecule has 4 fully saturated rings. The normalized spacial score (nSPS) is 23.6. The number of hydrogen-bond donors (Lipinski definition) is 0. The maximum Gasteiger partial charge on any atom is 0.139 e. The predicted molar refractivity (Wildman–Crippen MR) is 210 cm³/mol. The van der Waals surface area contributed by atoms with Crippen LogP contribution in [-0.4, -0.2) is 14.1 Å². The molecule has 4 bridgehead atoms. The van der Waals surface area contributed by atoms with Gasteiger partial charge in [0.05, 0.1) is 27.8 Å². The highest BCUT2D eigenvalue weighted by Crippen LogP contribution is 2.61. The highest BCUT2D eigenvalue weighted by atomic mass is 15.1. The minimum atomic E-state index is 0.0635. The number of para-hydroxylation sites is 1. The molecular formula is C47H49N3. The second kappa shape index (κ2) is 10.3. The summed E-state index contributed by atoms with van der Waals surface area (Å²) in [5.41, 5.74) is 10.9. The molecule has 4 aliphatic rings. The largest absolute Gasteiger partial charge is 0.309 e. The molecule has 0 radical (unpaired) electrons. The van der Waals surface area contributed by atoms with Crippen molar-refractivity contribution in [3.8, 4) is 11.5 Å². The van der Waals surface area contributed by atoms with E-state index in [-0.39, 0.29) is 10.8 Å². The molecule has 11 rings (SSSR count). The Balaban J connectivity index is 1.18. The SMILES string of the molecule is CC(C)(C)c1ccc2c(c1)c1cc(C(C)(C)C)ccc1n2-c1cc(-n2c3ccccc3c3ccc(C45CC6CC(CC(C6)C4)C5)cc32)ccn1. The van der Waals surface area contributed by atoms with Crippen molar-refractivity contribution < 1.29 is 0 Å². The fourth-order valence-electron chi connectivity index (χ4n) is 10.9. The lowest BCUT2D eigenvalue weighted by atomic mass is 9.48. The van der Waals surface area contributed by atoms with Gasteiger partial charge >= 0.3 is 0 Å². The van der Waals surface area contributed by atoms with Crippen LogP contribution in [0.25, 0.3) is 55.1 Å². The Morgan fingerprint density at radius 3 is 1.70 bits per heavy atom. The van der Waals surface area contributed by atoms with E-state index in [1.54, 1.807) is 5.56 Å². The van der Waals surface area contributed by atoms with Gasteiger partial charge in [0, 0.05) is 33.8 Å². The second-order valence-corrected chi connectivity index (χ2v) is 18.5. The summed E-state index contributed by atoms with van der Waals surface area (Å²) in [4.78, 5) is 5.09. The average Bonchev–Trinajstić information content (AvgIpc) is 3.59. The van der Waals surface area contributed by atoms with E-state index in [1.165, 1.54) is 93.3 Å². The molecule has 4 saturated carbocycles. The van der Waals surface area contributed by atoms with Crippen molar-refractivity contribution in [1.29, 1.82) is 0 Å². The summed E-state index contributed by atoms with van der Waals surface area (Å²) in [6.45, 7) is 13.8. The van der Waals surface area contributed by atoms with Crippen LogP contribution in [0.15, 0.2) is 97.2 Å². The number of nitrogens with zero attached hydrogens (tertiary/aromatic N) is 3. The zero-order chi connectivity index (χ0) is 34.2.